The molecule has 0 N–H and O–H groups in total. The number of carbonyl (C=O) groups is 1. The van der Waals surface area contributed by atoms with Crippen molar-refractivity contribution in [3.8, 4) is 0 Å². The van der Waals surface area contributed by atoms with Crippen LogP contribution in [-0.4, -0.2) is 22.8 Å². The number of halogens is 2. The molecule has 2 aromatic rings. The predicted molar refractivity (Wildman–Crippen MR) is 74.1 cm³/mol. The number of rotatable bonds is 3. The fourth-order valence-corrected chi connectivity index (χ4v) is 2.12. The van der Waals surface area contributed by atoms with Crippen LogP contribution in [0.3, 0.4) is 0 Å². The van der Waals surface area contributed by atoms with Gasteiger partial charge in [0, 0.05) is 30.5 Å². The fraction of sp³-hybridized carbons (Fsp3) is 0.143. The van der Waals surface area contributed by atoms with Gasteiger partial charge in [-0.2, -0.15) is 0 Å². The zero-order valence-electron chi connectivity index (χ0n) is 10.3. The van der Waals surface area contributed by atoms with Crippen molar-refractivity contribution in [2.24, 2.45) is 0 Å². The van der Waals surface area contributed by atoms with Gasteiger partial charge in [0.25, 0.3) is 5.91 Å². The second-order valence-electron chi connectivity index (χ2n) is 4.15. The standard InChI is InChI=1S/C14H12BrFN2O/c1-18(9-10-3-2-6-17-8-10)14(19)12-7-11(16)4-5-13(12)15/h2-8H,9H2,1H3. The summed E-state index contributed by atoms with van der Waals surface area (Å²) in [6, 6.07) is 7.76. The molecule has 0 aliphatic carbocycles. The van der Waals surface area contributed by atoms with Crippen LogP contribution < -0.4 is 0 Å². The lowest BCUT2D eigenvalue weighted by Crippen LogP contribution is -2.26. The SMILES string of the molecule is CN(Cc1cccnc1)C(=O)c1cc(F)ccc1Br. The van der Waals surface area contributed by atoms with Crippen molar-refractivity contribution in [3.63, 3.8) is 0 Å². The molecule has 3 nitrogen and oxygen atoms in total. The highest BCUT2D eigenvalue weighted by atomic mass is 79.9. The molecule has 0 atom stereocenters. The molecule has 1 amide bonds. The Morgan fingerprint density at radius 2 is 2.21 bits per heavy atom. The van der Waals surface area contributed by atoms with Crippen LogP contribution in [0.5, 0.6) is 0 Å². The minimum atomic E-state index is -0.429. The Morgan fingerprint density at radius 3 is 2.89 bits per heavy atom. The lowest BCUT2D eigenvalue weighted by Gasteiger charge is -2.18. The molecule has 5 heteroatoms. The molecule has 0 radical (unpaired) electrons. The van der Waals surface area contributed by atoms with Crippen molar-refractivity contribution in [2.45, 2.75) is 6.54 Å². The molecule has 0 aliphatic heterocycles. The molecule has 0 spiro atoms. The first kappa shape index (κ1) is 13.7. The van der Waals surface area contributed by atoms with E-state index in [9.17, 15) is 9.18 Å². The smallest absolute Gasteiger partial charge is 0.255 e. The second kappa shape index (κ2) is 5.93. The average Bonchev–Trinajstić information content (AvgIpc) is 2.42. The van der Waals surface area contributed by atoms with Gasteiger partial charge in [-0.3, -0.25) is 9.78 Å². The maximum Gasteiger partial charge on any atom is 0.255 e. The molecule has 0 bridgehead atoms. The number of amides is 1. The molecule has 0 unspecified atom stereocenters. The van der Waals surface area contributed by atoms with Gasteiger partial charge in [0.05, 0.1) is 5.56 Å². The number of benzene rings is 1. The van der Waals surface area contributed by atoms with Crippen LogP contribution in [0.25, 0.3) is 0 Å². The van der Waals surface area contributed by atoms with Crippen molar-refractivity contribution >= 4 is 21.8 Å². The topological polar surface area (TPSA) is 33.2 Å². The third-order valence-corrected chi connectivity index (χ3v) is 3.34. The lowest BCUT2D eigenvalue weighted by atomic mass is 10.2. The average molecular weight is 323 g/mol. The number of hydrogen-bond acceptors (Lipinski definition) is 2. The number of nitrogens with zero attached hydrogens (tertiary/aromatic N) is 2. The highest BCUT2D eigenvalue weighted by Crippen LogP contribution is 2.19. The highest BCUT2D eigenvalue weighted by Gasteiger charge is 2.16. The van der Waals surface area contributed by atoms with E-state index in [2.05, 4.69) is 20.9 Å². The maximum atomic E-state index is 13.2. The van der Waals surface area contributed by atoms with Crippen molar-refractivity contribution < 1.29 is 9.18 Å². The lowest BCUT2D eigenvalue weighted by molar-refractivity contribution is 0.0783. The first-order chi connectivity index (χ1) is 9.08. The maximum absolute atomic E-state index is 13.2. The highest BCUT2D eigenvalue weighted by molar-refractivity contribution is 9.10. The van der Waals surface area contributed by atoms with Gasteiger partial charge in [0.1, 0.15) is 5.82 Å². The van der Waals surface area contributed by atoms with E-state index in [0.29, 0.717) is 16.6 Å². The second-order valence-corrected chi connectivity index (χ2v) is 5.00. The van der Waals surface area contributed by atoms with Crippen LogP contribution in [0.4, 0.5) is 4.39 Å². The quantitative estimate of drug-likeness (QED) is 0.869. The minimum Gasteiger partial charge on any atom is -0.337 e. The summed E-state index contributed by atoms with van der Waals surface area (Å²) in [6.07, 6.45) is 3.37. The van der Waals surface area contributed by atoms with Gasteiger partial charge in [0.15, 0.2) is 0 Å². The van der Waals surface area contributed by atoms with Crippen LogP contribution in [0.2, 0.25) is 0 Å². The molecule has 1 heterocycles. The molecule has 0 aliphatic rings. The Kier molecular flexibility index (Phi) is 4.27. The van der Waals surface area contributed by atoms with Crippen LogP contribution in [-0.2, 0) is 6.54 Å². The van der Waals surface area contributed by atoms with Gasteiger partial charge in [0.2, 0.25) is 0 Å². The van der Waals surface area contributed by atoms with Gasteiger partial charge in [-0.05, 0) is 45.8 Å². The Hall–Kier alpha value is -1.75. The first-order valence-corrected chi connectivity index (χ1v) is 6.46. The van der Waals surface area contributed by atoms with Gasteiger partial charge in [-0.25, -0.2) is 4.39 Å². The van der Waals surface area contributed by atoms with E-state index in [4.69, 9.17) is 0 Å². The summed E-state index contributed by atoms with van der Waals surface area (Å²) in [5, 5.41) is 0. The van der Waals surface area contributed by atoms with Crippen LogP contribution in [0, 0.1) is 5.82 Å². The van der Waals surface area contributed by atoms with E-state index in [0.717, 1.165) is 5.56 Å². The summed E-state index contributed by atoms with van der Waals surface area (Å²) >= 11 is 3.26. The third-order valence-electron chi connectivity index (χ3n) is 2.65. The number of aromatic nitrogens is 1. The molecule has 0 saturated heterocycles. The molecule has 0 saturated carbocycles. The Morgan fingerprint density at radius 1 is 1.42 bits per heavy atom. The molecule has 1 aromatic carbocycles. The summed E-state index contributed by atoms with van der Waals surface area (Å²) in [6.45, 7) is 0.426. The van der Waals surface area contributed by atoms with E-state index in [-0.39, 0.29) is 5.91 Å². The summed E-state index contributed by atoms with van der Waals surface area (Å²) in [5.41, 5.74) is 1.23. The molecular formula is C14H12BrFN2O. The molecular weight excluding hydrogens is 311 g/mol. The van der Waals surface area contributed by atoms with Gasteiger partial charge in [-0.15, -0.1) is 0 Å². The van der Waals surface area contributed by atoms with Crippen LogP contribution in [0.15, 0.2) is 47.2 Å². The van der Waals surface area contributed by atoms with Crippen molar-refractivity contribution in [1.29, 1.82) is 0 Å². The first-order valence-electron chi connectivity index (χ1n) is 5.67. The monoisotopic (exact) mass is 322 g/mol. The Labute approximate surface area is 119 Å². The van der Waals surface area contributed by atoms with Crippen molar-refractivity contribution in [3.05, 3.63) is 64.1 Å². The summed E-state index contributed by atoms with van der Waals surface area (Å²) in [4.78, 5) is 17.7. The normalized spacial score (nSPS) is 10.3. The number of hydrogen-bond donors (Lipinski definition) is 0. The number of carbonyl (C=O) groups excluding carboxylic acids is 1. The molecule has 19 heavy (non-hydrogen) atoms. The Bertz CT molecular complexity index is 589. The molecule has 1 aromatic heterocycles. The largest absolute Gasteiger partial charge is 0.337 e. The van der Waals surface area contributed by atoms with Crippen molar-refractivity contribution in [2.75, 3.05) is 7.05 Å². The number of pyridine rings is 1. The van der Waals surface area contributed by atoms with E-state index >= 15 is 0 Å². The van der Waals surface area contributed by atoms with E-state index < -0.39 is 5.82 Å². The summed E-state index contributed by atoms with van der Waals surface area (Å²) in [7, 11) is 1.67. The molecule has 98 valence electrons. The van der Waals surface area contributed by atoms with E-state index in [1.165, 1.54) is 23.1 Å². The molecule has 2 rings (SSSR count). The van der Waals surface area contributed by atoms with Crippen LogP contribution in [0.1, 0.15) is 15.9 Å². The van der Waals surface area contributed by atoms with Gasteiger partial charge in [-0.1, -0.05) is 6.07 Å². The zero-order valence-corrected chi connectivity index (χ0v) is 11.9. The molecule has 0 fully saturated rings. The summed E-state index contributed by atoms with van der Waals surface area (Å²) in [5.74, 6) is -0.670. The fourth-order valence-electron chi connectivity index (χ4n) is 1.70. The van der Waals surface area contributed by atoms with Gasteiger partial charge >= 0.3 is 0 Å². The summed E-state index contributed by atoms with van der Waals surface area (Å²) < 4.78 is 13.8. The predicted octanol–water partition coefficient (Wildman–Crippen LogP) is 3.26. The van der Waals surface area contributed by atoms with Crippen molar-refractivity contribution in [1.82, 2.24) is 9.88 Å². The zero-order chi connectivity index (χ0) is 13.8. The Balaban J connectivity index is 2.17. The van der Waals surface area contributed by atoms with Gasteiger partial charge < -0.3 is 4.90 Å². The van der Waals surface area contributed by atoms with E-state index in [1.54, 1.807) is 19.4 Å². The minimum absolute atomic E-state index is 0.241. The van der Waals surface area contributed by atoms with E-state index in [1.807, 2.05) is 12.1 Å². The van der Waals surface area contributed by atoms with Crippen LogP contribution >= 0.6 is 15.9 Å². The third kappa shape index (κ3) is 3.38.